The number of amides is 1. The third-order valence-electron chi connectivity index (χ3n) is 7.21. The second-order valence-electron chi connectivity index (χ2n) is 9.98. The van der Waals surface area contributed by atoms with Crippen molar-refractivity contribution in [2.45, 2.75) is 20.8 Å². The molecule has 44 heavy (non-hydrogen) atoms. The molecule has 0 saturated carbocycles. The van der Waals surface area contributed by atoms with Crippen molar-refractivity contribution in [2.24, 2.45) is 0 Å². The number of hydrogen-bond donors (Lipinski definition) is 0. The zero-order chi connectivity index (χ0) is 31.4. The number of methoxy groups -OCH3 is 2. The molecule has 0 atom stereocenters. The molecule has 1 saturated heterocycles. The van der Waals surface area contributed by atoms with Crippen LogP contribution in [-0.2, 0) is 14.3 Å². The first kappa shape index (κ1) is 30.4. The highest BCUT2D eigenvalue weighted by molar-refractivity contribution is 7.80. The number of carbonyl (C=O) groups excluding carboxylic acids is 2. The van der Waals surface area contributed by atoms with E-state index in [0.29, 0.717) is 29.5 Å². The van der Waals surface area contributed by atoms with E-state index in [1.807, 2.05) is 75.4 Å². The van der Waals surface area contributed by atoms with Gasteiger partial charge in [0.15, 0.2) is 5.11 Å². The van der Waals surface area contributed by atoms with Gasteiger partial charge < -0.3 is 28.4 Å². The second-order valence-corrected chi connectivity index (χ2v) is 10.3. The number of carbonyl (C=O) groups is 2. The first-order valence-corrected chi connectivity index (χ1v) is 14.4. The summed E-state index contributed by atoms with van der Waals surface area (Å²) in [5.41, 5.74) is 4.48. The van der Waals surface area contributed by atoms with Crippen LogP contribution in [0.2, 0.25) is 0 Å². The summed E-state index contributed by atoms with van der Waals surface area (Å²) < 4.78 is 23.7. The van der Waals surface area contributed by atoms with E-state index in [0.717, 1.165) is 28.4 Å². The lowest BCUT2D eigenvalue weighted by Crippen LogP contribution is -2.35. The number of aromatic nitrogens is 1. The molecule has 226 valence electrons. The monoisotopic (exact) mass is 611 g/mol. The third-order valence-corrected chi connectivity index (χ3v) is 7.61. The molecule has 1 fully saturated rings. The molecule has 0 radical (unpaired) electrons. The number of thiocarbonyl (C=S) groups is 1. The average molecular weight is 612 g/mol. The molecule has 2 heterocycles. The predicted molar refractivity (Wildman–Crippen MR) is 173 cm³/mol. The lowest BCUT2D eigenvalue weighted by atomic mass is 10.2. The van der Waals surface area contributed by atoms with Crippen molar-refractivity contribution in [3.63, 3.8) is 0 Å². The summed E-state index contributed by atoms with van der Waals surface area (Å²) in [5, 5.41) is 0.192. The highest BCUT2D eigenvalue weighted by Gasteiger charge is 2.40. The summed E-state index contributed by atoms with van der Waals surface area (Å²) in [7, 11) is 2.93. The van der Waals surface area contributed by atoms with Gasteiger partial charge in [-0.3, -0.25) is 14.5 Å². The summed E-state index contributed by atoms with van der Waals surface area (Å²) in [6, 6.07) is 24.2. The van der Waals surface area contributed by atoms with E-state index in [4.69, 9.17) is 31.2 Å². The van der Waals surface area contributed by atoms with Crippen LogP contribution in [0, 0.1) is 13.8 Å². The normalized spacial score (nSPS) is 13.9. The number of benzene rings is 3. The van der Waals surface area contributed by atoms with Crippen molar-refractivity contribution >= 4 is 41.0 Å². The molecule has 1 aliphatic heterocycles. The molecule has 1 amide bonds. The molecule has 0 unspecified atom stereocenters. The standard InChI is InChI=1S/C34H33N3O6S/c1-6-42-28-11-7-26(8-12-28)37-33(39)31(35(34(37)44)21-32(38)41-5)20-24-19-22(2)36(23(24)3)25-9-13-29(14-10-25)43-30-17-15-27(40-4)16-18-30/h7-20H,6,21H2,1-5H3/b31-20-. The molecule has 0 bridgehead atoms. The van der Waals surface area contributed by atoms with Crippen molar-refractivity contribution in [3.05, 3.63) is 102 Å². The van der Waals surface area contributed by atoms with Crippen LogP contribution in [-0.4, -0.2) is 53.8 Å². The van der Waals surface area contributed by atoms with E-state index in [-0.39, 0.29) is 23.3 Å². The largest absolute Gasteiger partial charge is 0.497 e. The van der Waals surface area contributed by atoms with Gasteiger partial charge in [0.05, 0.1) is 26.5 Å². The summed E-state index contributed by atoms with van der Waals surface area (Å²) in [4.78, 5) is 29.1. The maximum absolute atomic E-state index is 13.8. The minimum absolute atomic E-state index is 0.192. The molecule has 0 spiro atoms. The zero-order valence-corrected chi connectivity index (χ0v) is 26.0. The molecule has 1 aromatic heterocycles. The molecule has 4 aromatic rings. The van der Waals surface area contributed by atoms with Gasteiger partial charge in [0.1, 0.15) is 35.2 Å². The second kappa shape index (κ2) is 13.0. The Morgan fingerprint density at radius 1 is 0.841 bits per heavy atom. The minimum Gasteiger partial charge on any atom is -0.497 e. The quantitative estimate of drug-likeness (QED) is 0.115. The number of rotatable bonds is 10. The summed E-state index contributed by atoms with van der Waals surface area (Å²) in [6.45, 7) is 6.21. The maximum atomic E-state index is 13.8. The number of hydrogen-bond acceptors (Lipinski definition) is 7. The number of nitrogens with zero attached hydrogens (tertiary/aromatic N) is 3. The molecule has 3 aromatic carbocycles. The van der Waals surface area contributed by atoms with E-state index in [1.54, 1.807) is 37.5 Å². The minimum atomic E-state index is -0.512. The summed E-state index contributed by atoms with van der Waals surface area (Å²) in [6.07, 6.45) is 1.77. The highest BCUT2D eigenvalue weighted by Crippen LogP contribution is 2.32. The van der Waals surface area contributed by atoms with Crippen molar-refractivity contribution in [3.8, 4) is 28.7 Å². The van der Waals surface area contributed by atoms with Crippen LogP contribution in [0.1, 0.15) is 23.9 Å². The van der Waals surface area contributed by atoms with Crippen LogP contribution in [0.5, 0.6) is 23.0 Å². The molecule has 0 aliphatic carbocycles. The fourth-order valence-electron chi connectivity index (χ4n) is 5.03. The first-order chi connectivity index (χ1) is 21.2. The SMILES string of the molecule is CCOc1ccc(N2C(=O)/C(=C/c3cc(C)n(-c4ccc(Oc5ccc(OC)cc5)cc4)c3C)N(CC(=O)OC)C2=S)cc1. The maximum Gasteiger partial charge on any atom is 0.325 e. The lowest BCUT2D eigenvalue weighted by molar-refractivity contribution is -0.140. The molecule has 10 heteroatoms. The smallest absolute Gasteiger partial charge is 0.325 e. The Hall–Kier alpha value is -5.09. The number of esters is 1. The zero-order valence-electron chi connectivity index (χ0n) is 25.2. The topological polar surface area (TPSA) is 82.5 Å². The fourth-order valence-corrected chi connectivity index (χ4v) is 5.39. The van der Waals surface area contributed by atoms with Crippen LogP contribution in [0.3, 0.4) is 0 Å². The van der Waals surface area contributed by atoms with E-state index >= 15 is 0 Å². The number of aryl methyl sites for hydroxylation is 1. The van der Waals surface area contributed by atoms with Gasteiger partial charge >= 0.3 is 5.97 Å². The van der Waals surface area contributed by atoms with Crippen molar-refractivity contribution < 1.29 is 28.5 Å². The molecule has 0 N–H and O–H groups in total. The fraction of sp³-hybridized carbons (Fsp3) is 0.206. The number of anilines is 1. The first-order valence-electron chi connectivity index (χ1n) is 14.0. The molecular weight excluding hydrogens is 578 g/mol. The lowest BCUT2D eigenvalue weighted by Gasteiger charge is -2.19. The van der Waals surface area contributed by atoms with Gasteiger partial charge in [0.2, 0.25) is 0 Å². The molecular formula is C34H33N3O6S. The van der Waals surface area contributed by atoms with E-state index in [1.165, 1.54) is 16.9 Å². The van der Waals surface area contributed by atoms with E-state index in [9.17, 15) is 9.59 Å². The molecule has 9 nitrogen and oxygen atoms in total. The summed E-state index contributed by atoms with van der Waals surface area (Å²) in [5.74, 6) is 1.99. The average Bonchev–Trinajstić information content (AvgIpc) is 3.44. The molecule has 1 aliphatic rings. The van der Waals surface area contributed by atoms with Crippen LogP contribution in [0.4, 0.5) is 5.69 Å². The van der Waals surface area contributed by atoms with Gasteiger partial charge in [-0.15, -0.1) is 0 Å². The predicted octanol–water partition coefficient (Wildman–Crippen LogP) is 6.44. The van der Waals surface area contributed by atoms with E-state index < -0.39 is 5.97 Å². The van der Waals surface area contributed by atoms with Crippen molar-refractivity contribution in [1.82, 2.24) is 9.47 Å². The Morgan fingerprint density at radius 3 is 2.00 bits per heavy atom. The van der Waals surface area contributed by atoms with Gasteiger partial charge in [-0.25, -0.2) is 0 Å². The third kappa shape index (κ3) is 6.16. The molecule has 5 rings (SSSR count). The van der Waals surface area contributed by atoms with Crippen molar-refractivity contribution in [1.29, 1.82) is 0 Å². The van der Waals surface area contributed by atoms with Gasteiger partial charge in [0.25, 0.3) is 5.91 Å². The van der Waals surface area contributed by atoms with Gasteiger partial charge in [0, 0.05) is 17.1 Å². The Morgan fingerprint density at radius 2 is 1.41 bits per heavy atom. The summed E-state index contributed by atoms with van der Waals surface area (Å²) >= 11 is 5.70. The van der Waals surface area contributed by atoms with Gasteiger partial charge in [-0.05, 0) is 123 Å². The number of ether oxygens (including phenoxy) is 4. The van der Waals surface area contributed by atoms with Crippen LogP contribution < -0.4 is 19.1 Å². The van der Waals surface area contributed by atoms with Crippen LogP contribution in [0.15, 0.2) is 84.6 Å². The highest BCUT2D eigenvalue weighted by atomic mass is 32.1. The van der Waals surface area contributed by atoms with Gasteiger partial charge in [-0.2, -0.15) is 0 Å². The Bertz CT molecular complexity index is 1710. The van der Waals surface area contributed by atoms with Gasteiger partial charge in [-0.1, -0.05) is 0 Å². The van der Waals surface area contributed by atoms with Crippen molar-refractivity contribution in [2.75, 3.05) is 32.3 Å². The Balaban J connectivity index is 1.44. The van der Waals surface area contributed by atoms with E-state index in [2.05, 4.69) is 4.57 Å². The Labute approximate surface area is 261 Å². The van der Waals surface area contributed by atoms with Crippen LogP contribution >= 0.6 is 12.2 Å². The Kier molecular flexibility index (Phi) is 9.01. The van der Waals surface area contributed by atoms with Crippen LogP contribution in [0.25, 0.3) is 11.8 Å².